The summed E-state index contributed by atoms with van der Waals surface area (Å²) in [6.07, 6.45) is -1.91. The van der Waals surface area contributed by atoms with Crippen LogP contribution in [-0.2, 0) is 6.18 Å². The number of hydrogen-bond donors (Lipinski definition) is 1. The summed E-state index contributed by atoms with van der Waals surface area (Å²) in [7, 11) is 0. The van der Waals surface area contributed by atoms with E-state index < -0.39 is 17.8 Å². The summed E-state index contributed by atoms with van der Waals surface area (Å²) < 4.78 is 37.7. The van der Waals surface area contributed by atoms with E-state index >= 15 is 0 Å². The Labute approximate surface area is 86.2 Å². The van der Waals surface area contributed by atoms with Gasteiger partial charge in [-0.15, -0.1) is 0 Å². The summed E-state index contributed by atoms with van der Waals surface area (Å²) in [6, 6.07) is 0. The molecule has 0 aliphatic carbocycles. The minimum Gasteiger partial charge on any atom is -0.478 e. The lowest BCUT2D eigenvalue weighted by atomic mass is 10.3. The van der Waals surface area contributed by atoms with E-state index in [1.807, 2.05) is 0 Å². The summed E-state index contributed by atoms with van der Waals surface area (Å²) >= 11 is 0. The molecule has 0 unspecified atom stereocenters. The molecule has 84 valence electrons. The van der Waals surface area contributed by atoms with Crippen molar-refractivity contribution in [2.45, 2.75) is 6.18 Å². The number of aromatic carboxylic acids is 1. The van der Waals surface area contributed by atoms with Gasteiger partial charge in [-0.3, -0.25) is 4.40 Å². The summed E-state index contributed by atoms with van der Waals surface area (Å²) in [4.78, 5) is 17.3. The average molecular weight is 231 g/mol. The van der Waals surface area contributed by atoms with Gasteiger partial charge in [0, 0.05) is 18.6 Å². The first kappa shape index (κ1) is 10.4. The number of fused-ring (bicyclic) bond motifs is 1. The standard InChI is InChI=1S/C8H4F3N3O2/c9-8(10,11)5-3-14-2-4(6(15)16)1-12-7(14)13-5/h1-3H,(H,15,16). The van der Waals surface area contributed by atoms with Crippen LogP contribution in [0.4, 0.5) is 13.2 Å². The van der Waals surface area contributed by atoms with Gasteiger partial charge in [0.1, 0.15) is 0 Å². The molecule has 0 saturated heterocycles. The molecule has 2 rings (SSSR count). The number of carboxylic acids is 1. The molecule has 0 atom stereocenters. The number of hydrogen-bond acceptors (Lipinski definition) is 3. The summed E-state index contributed by atoms with van der Waals surface area (Å²) in [5, 5.41) is 8.61. The van der Waals surface area contributed by atoms with E-state index in [1.54, 1.807) is 0 Å². The molecule has 0 radical (unpaired) electrons. The van der Waals surface area contributed by atoms with E-state index in [0.29, 0.717) is 6.20 Å². The smallest absolute Gasteiger partial charge is 0.434 e. The molecular weight excluding hydrogens is 227 g/mol. The molecule has 16 heavy (non-hydrogen) atoms. The fraction of sp³-hybridized carbons (Fsp3) is 0.125. The molecule has 0 fully saturated rings. The van der Waals surface area contributed by atoms with E-state index in [-0.39, 0.29) is 11.3 Å². The Hall–Kier alpha value is -2.12. The van der Waals surface area contributed by atoms with Crippen LogP contribution in [-0.4, -0.2) is 25.4 Å². The van der Waals surface area contributed by atoms with Crippen LogP contribution in [0.15, 0.2) is 18.6 Å². The second-order valence-electron chi connectivity index (χ2n) is 2.98. The van der Waals surface area contributed by atoms with Gasteiger partial charge in [-0.25, -0.2) is 14.8 Å². The van der Waals surface area contributed by atoms with Crippen LogP contribution in [0.1, 0.15) is 16.1 Å². The first-order chi connectivity index (χ1) is 7.38. The molecule has 5 nitrogen and oxygen atoms in total. The van der Waals surface area contributed by atoms with Crippen molar-refractivity contribution in [3.05, 3.63) is 29.8 Å². The molecule has 0 amide bonds. The quantitative estimate of drug-likeness (QED) is 0.806. The van der Waals surface area contributed by atoms with Crippen LogP contribution in [0.2, 0.25) is 0 Å². The van der Waals surface area contributed by atoms with Gasteiger partial charge in [0.25, 0.3) is 0 Å². The second kappa shape index (κ2) is 3.19. The number of nitrogens with zero attached hydrogens (tertiary/aromatic N) is 3. The first-order valence-corrected chi connectivity index (χ1v) is 4.03. The lowest BCUT2D eigenvalue weighted by molar-refractivity contribution is -0.140. The number of carbonyl (C=O) groups is 1. The molecule has 0 aliphatic heterocycles. The van der Waals surface area contributed by atoms with E-state index in [9.17, 15) is 18.0 Å². The zero-order valence-corrected chi connectivity index (χ0v) is 7.56. The number of aromatic nitrogens is 3. The molecule has 0 saturated carbocycles. The minimum atomic E-state index is -4.57. The third-order valence-corrected chi connectivity index (χ3v) is 1.85. The minimum absolute atomic E-state index is 0.197. The number of rotatable bonds is 1. The molecular formula is C8H4F3N3O2. The summed E-state index contributed by atoms with van der Waals surface area (Å²) in [5.41, 5.74) is -1.32. The molecule has 0 aliphatic rings. The fourth-order valence-corrected chi connectivity index (χ4v) is 1.13. The molecule has 0 aromatic carbocycles. The predicted molar refractivity (Wildman–Crippen MR) is 44.9 cm³/mol. The Balaban J connectivity index is 2.59. The Kier molecular flexibility index (Phi) is 2.07. The zero-order chi connectivity index (χ0) is 11.9. The lowest BCUT2D eigenvalue weighted by Crippen LogP contribution is -2.04. The maximum atomic E-state index is 12.3. The maximum Gasteiger partial charge on any atom is 0.434 e. The second-order valence-corrected chi connectivity index (χ2v) is 2.98. The van der Waals surface area contributed by atoms with Gasteiger partial charge in [0.05, 0.1) is 5.56 Å². The normalized spacial score (nSPS) is 11.9. The van der Waals surface area contributed by atoms with Crippen LogP contribution in [0.5, 0.6) is 0 Å². The van der Waals surface area contributed by atoms with Gasteiger partial charge in [0.2, 0.25) is 5.78 Å². The van der Waals surface area contributed by atoms with Crippen LogP contribution in [0, 0.1) is 0 Å². The van der Waals surface area contributed by atoms with E-state index in [4.69, 9.17) is 5.11 Å². The van der Waals surface area contributed by atoms with Gasteiger partial charge in [0.15, 0.2) is 5.69 Å². The van der Waals surface area contributed by atoms with Gasteiger partial charge < -0.3 is 5.11 Å². The predicted octanol–water partition coefficient (Wildman–Crippen LogP) is 1.45. The van der Waals surface area contributed by atoms with Crippen molar-refractivity contribution >= 4 is 11.7 Å². The third kappa shape index (κ3) is 1.69. The van der Waals surface area contributed by atoms with E-state index in [0.717, 1.165) is 16.8 Å². The molecule has 2 aromatic rings. The highest BCUT2D eigenvalue weighted by atomic mass is 19.4. The lowest BCUT2D eigenvalue weighted by Gasteiger charge is -1.98. The average Bonchev–Trinajstić information content (AvgIpc) is 2.58. The van der Waals surface area contributed by atoms with Gasteiger partial charge in [-0.05, 0) is 0 Å². The van der Waals surface area contributed by atoms with Gasteiger partial charge in [-0.2, -0.15) is 13.2 Å². The maximum absolute atomic E-state index is 12.3. The fourth-order valence-electron chi connectivity index (χ4n) is 1.13. The Morgan fingerprint density at radius 3 is 2.62 bits per heavy atom. The first-order valence-electron chi connectivity index (χ1n) is 4.03. The van der Waals surface area contributed by atoms with Crippen LogP contribution >= 0.6 is 0 Å². The van der Waals surface area contributed by atoms with Gasteiger partial charge in [-0.1, -0.05) is 0 Å². The largest absolute Gasteiger partial charge is 0.478 e. The summed E-state index contributed by atoms with van der Waals surface area (Å²) in [5.74, 6) is -1.46. The molecule has 0 spiro atoms. The molecule has 8 heteroatoms. The van der Waals surface area contributed by atoms with Crippen molar-refractivity contribution in [3.63, 3.8) is 0 Å². The van der Waals surface area contributed by atoms with Crippen LogP contribution in [0.3, 0.4) is 0 Å². The van der Waals surface area contributed by atoms with Crippen molar-refractivity contribution in [2.75, 3.05) is 0 Å². The van der Waals surface area contributed by atoms with Crippen molar-refractivity contribution in [3.8, 4) is 0 Å². The Morgan fingerprint density at radius 2 is 2.06 bits per heavy atom. The molecule has 2 aromatic heterocycles. The van der Waals surface area contributed by atoms with Crippen molar-refractivity contribution in [1.82, 2.24) is 14.4 Å². The van der Waals surface area contributed by atoms with E-state index in [2.05, 4.69) is 9.97 Å². The van der Waals surface area contributed by atoms with Crippen molar-refractivity contribution in [2.24, 2.45) is 0 Å². The highest BCUT2D eigenvalue weighted by molar-refractivity contribution is 5.86. The Bertz CT molecular complexity index is 561. The molecule has 2 heterocycles. The monoisotopic (exact) mass is 231 g/mol. The van der Waals surface area contributed by atoms with Gasteiger partial charge >= 0.3 is 12.1 Å². The van der Waals surface area contributed by atoms with Crippen molar-refractivity contribution in [1.29, 1.82) is 0 Å². The highest BCUT2D eigenvalue weighted by Gasteiger charge is 2.34. The SMILES string of the molecule is O=C(O)c1cnc2nc(C(F)(F)F)cn2c1. The highest BCUT2D eigenvalue weighted by Crippen LogP contribution is 2.28. The van der Waals surface area contributed by atoms with E-state index in [1.165, 1.54) is 0 Å². The number of imidazole rings is 1. The topological polar surface area (TPSA) is 67.5 Å². The van der Waals surface area contributed by atoms with Crippen LogP contribution in [0.25, 0.3) is 5.78 Å². The number of alkyl halides is 3. The number of carboxylic acid groups (broad SMARTS) is 1. The van der Waals surface area contributed by atoms with Crippen molar-refractivity contribution < 1.29 is 23.1 Å². The molecule has 1 N–H and O–H groups in total. The molecule has 0 bridgehead atoms. The van der Waals surface area contributed by atoms with Crippen LogP contribution < -0.4 is 0 Å². The Morgan fingerprint density at radius 1 is 1.38 bits per heavy atom. The number of halogens is 3. The third-order valence-electron chi connectivity index (χ3n) is 1.85. The zero-order valence-electron chi connectivity index (χ0n) is 7.56. The summed E-state index contributed by atoms with van der Waals surface area (Å²) in [6.45, 7) is 0.